The first-order valence-corrected chi connectivity index (χ1v) is 2.82. The number of aliphatic hydroxyl groups is 1. The summed E-state index contributed by atoms with van der Waals surface area (Å²) in [6.45, 7) is 3.61. The Bertz CT molecular complexity index is 116. The van der Waals surface area contributed by atoms with Crippen LogP contribution in [0.2, 0.25) is 0 Å². The minimum Gasteiger partial charge on any atom is -0.389 e. The van der Waals surface area contributed by atoms with E-state index in [-0.39, 0.29) is 6.10 Å². The Morgan fingerprint density at radius 2 is 2.38 bits per heavy atom. The zero-order valence-electron chi connectivity index (χ0n) is 4.75. The molecule has 1 nitrogen and oxygen atoms in total. The highest BCUT2D eigenvalue weighted by Crippen LogP contribution is 2.17. The number of allylic oxidation sites excluding steroid dienone is 2. The van der Waals surface area contributed by atoms with Gasteiger partial charge in [-0.2, -0.15) is 0 Å². The summed E-state index contributed by atoms with van der Waals surface area (Å²) in [5.74, 6) is 0.407. The summed E-state index contributed by atoms with van der Waals surface area (Å²) in [6.07, 6.45) is 6.25. The number of rotatable bonds is 1. The summed E-state index contributed by atoms with van der Waals surface area (Å²) in [4.78, 5) is 0. The van der Waals surface area contributed by atoms with Gasteiger partial charge in [-0.3, -0.25) is 0 Å². The third-order valence-corrected chi connectivity index (χ3v) is 1.40. The van der Waals surface area contributed by atoms with Gasteiger partial charge in [0.2, 0.25) is 0 Å². The zero-order valence-corrected chi connectivity index (χ0v) is 4.75. The fraction of sp³-hybridized carbons (Fsp3) is 0.429. The van der Waals surface area contributed by atoms with E-state index >= 15 is 0 Å². The zero-order chi connectivity index (χ0) is 5.98. The van der Waals surface area contributed by atoms with Gasteiger partial charge >= 0.3 is 0 Å². The van der Waals surface area contributed by atoms with Gasteiger partial charge in [-0.15, -0.1) is 6.58 Å². The lowest BCUT2D eigenvalue weighted by atomic mass is 10.1. The lowest BCUT2D eigenvalue weighted by molar-refractivity contribution is 0.216. The van der Waals surface area contributed by atoms with Crippen molar-refractivity contribution in [2.75, 3.05) is 0 Å². The van der Waals surface area contributed by atoms with Crippen molar-refractivity contribution in [1.82, 2.24) is 0 Å². The molecule has 0 bridgehead atoms. The van der Waals surface area contributed by atoms with Crippen molar-refractivity contribution in [2.45, 2.75) is 12.5 Å². The Balaban J connectivity index is 2.45. The average Bonchev–Trinajstić information content (AvgIpc) is 2.14. The van der Waals surface area contributed by atoms with Crippen molar-refractivity contribution in [1.29, 1.82) is 0 Å². The van der Waals surface area contributed by atoms with Crippen LogP contribution in [0.4, 0.5) is 0 Å². The van der Waals surface area contributed by atoms with E-state index < -0.39 is 0 Å². The molecule has 0 radical (unpaired) electrons. The molecule has 1 aliphatic carbocycles. The molecule has 0 aliphatic heterocycles. The first kappa shape index (κ1) is 5.57. The largest absolute Gasteiger partial charge is 0.389 e. The minimum absolute atomic E-state index is 0.224. The summed E-state index contributed by atoms with van der Waals surface area (Å²) in [5, 5.41) is 8.90. The van der Waals surface area contributed by atoms with Crippen LogP contribution in [0.1, 0.15) is 6.42 Å². The number of hydrogen-bond acceptors (Lipinski definition) is 1. The first-order chi connectivity index (χ1) is 3.83. The smallest absolute Gasteiger partial charge is 0.0729 e. The van der Waals surface area contributed by atoms with Crippen molar-refractivity contribution >= 4 is 0 Å². The van der Waals surface area contributed by atoms with Crippen LogP contribution in [0.3, 0.4) is 0 Å². The molecular weight excluding hydrogens is 100 g/mol. The molecule has 0 aromatic heterocycles. The fourth-order valence-corrected chi connectivity index (χ4v) is 0.882. The molecule has 1 heteroatoms. The monoisotopic (exact) mass is 110 g/mol. The Morgan fingerprint density at radius 3 is 2.62 bits per heavy atom. The van der Waals surface area contributed by atoms with Crippen LogP contribution in [-0.4, -0.2) is 11.2 Å². The topological polar surface area (TPSA) is 20.2 Å². The molecule has 0 heterocycles. The Labute approximate surface area is 49.3 Å². The van der Waals surface area contributed by atoms with Crippen LogP contribution in [0.5, 0.6) is 0 Å². The second-order valence-electron chi connectivity index (χ2n) is 2.09. The van der Waals surface area contributed by atoms with Gasteiger partial charge in [-0.1, -0.05) is 18.2 Å². The number of hydrogen-bond donors (Lipinski definition) is 1. The molecule has 0 fully saturated rings. The van der Waals surface area contributed by atoms with Crippen molar-refractivity contribution in [2.24, 2.45) is 5.92 Å². The second-order valence-corrected chi connectivity index (χ2v) is 2.09. The maximum absolute atomic E-state index is 8.90. The molecule has 0 aromatic rings. The molecular formula is C7H10O. The van der Waals surface area contributed by atoms with Crippen molar-refractivity contribution in [3.8, 4) is 0 Å². The molecule has 44 valence electrons. The van der Waals surface area contributed by atoms with Crippen molar-refractivity contribution < 1.29 is 5.11 Å². The van der Waals surface area contributed by atoms with Crippen LogP contribution in [-0.2, 0) is 0 Å². The van der Waals surface area contributed by atoms with Gasteiger partial charge in [0, 0.05) is 0 Å². The predicted octanol–water partition coefficient (Wildman–Crippen LogP) is 1.11. The summed E-state index contributed by atoms with van der Waals surface area (Å²) >= 11 is 0. The fourth-order valence-electron chi connectivity index (χ4n) is 0.882. The molecule has 0 amide bonds. The summed E-state index contributed by atoms with van der Waals surface area (Å²) in [6, 6.07) is 0. The Kier molecular flexibility index (Phi) is 1.49. The SMILES string of the molecule is C=C[C@H]1C=C[C@H](O)C1. The maximum atomic E-state index is 8.90. The molecule has 0 saturated carbocycles. The van der Waals surface area contributed by atoms with Crippen molar-refractivity contribution in [3.05, 3.63) is 24.8 Å². The van der Waals surface area contributed by atoms with Crippen LogP contribution in [0, 0.1) is 5.92 Å². The van der Waals surface area contributed by atoms with Gasteiger partial charge in [-0.05, 0) is 12.3 Å². The highest BCUT2D eigenvalue weighted by Gasteiger charge is 2.11. The molecule has 8 heavy (non-hydrogen) atoms. The van der Waals surface area contributed by atoms with Crippen LogP contribution < -0.4 is 0 Å². The van der Waals surface area contributed by atoms with Gasteiger partial charge in [0.1, 0.15) is 0 Å². The molecule has 0 unspecified atom stereocenters. The Hall–Kier alpha value is -0.560. The summed E-state index contributed by atoms with van der Waals surface area (Å²) in [7, 11) is 0. The van der Waals surface area contributed by atoms with E-state index in [0.29, 0.717) is 5.92 Å². The van der Waals surface area contributed by atoms with Gasteiger partial charge < -0.3 is 5.11 Å². The highest BCUT2D eigenvalue weighted by atomic mass is 16.3. The maximum Gasteiger partial charge on any atom is 0.0729 e. The molecule has 1 rings (SSSR count). The summed E-state index contributed by atoms with van der Waals surface area (Å²) < 4.78 is 0. The molecule has 0 saturated heterocycles. The average molecular weight is 110 g/mol. The standard InChI is InChI=1S/C7H10O/c1-2-6-3-4-7(8)5-6/h2-4,6-8H,1,5H2/t6-,7-/m0/s1. The van der Waals surface area contributed by atoms with E-state index in [4.69, 9.17) is 5.11 Å². The van der Waals surface area contributed by atoms with Crippen LogP contribution in [0.15, 0.2) is 24.8 Å². The van der Waals surface area contributed by atoms with Gasteiger partial charge in [-0.25, -0.2) is 0 Å². The van der Waals surface area contributed by atoms with E-state index in [1.165, 1.54) is 0 Å². The number of aliphatic hydroxyl groups excluding tert-OH is 1. The first-order valence-electron chi connectivity index (χ1n) is 2.82. The third kappa shape index (κ3) is 0.984. The lowest BCUT2D eigenvalue weighted by Crippen LogP contribution is -1.98. The van der Waals surface area contributed by atoms with Crippen LogP contribution >= 0.6 is 0 Å². The molecule has 0 aromatic carbocycles. The third-order valence-electron chi connectivity index (χ3n) is 1.40. The Morgan fingerprint density at radius 1 is 1.62 bits per heavy atom. The molecule has 1 aliphatic rings. The van der Waals surface area contributed by atoms with E-state index in [9.17, 15) is 0 Å². The predicted molar refractivity (Wildman–Crippen MR) is 33.5 cm³/mol. The summed E-state index contributed by atoms with van der Waals surface area (Å²) in [5.41, 5.74) is 0. The molecule has 1 N–H and O–H groups in total. The van der Waals surface area contributed by atoms with Gasteiger partial charge in [0.25, 0.3) is 0 Å². The lowest BCUT2D eigenvalue weighted by Gasteiger charge is -1.98. The minimum atomic E-state index is -0.224. The van der Waals surface area contributed by atoms with E-state index in [1.54, 1.807) is 0 Å². The van der Waals surface area contributed by atoms with Gasteiger partial charge in [0.05, 0.1) is 6.10 Å². The van der Waals surface area contributed by atoms with E-state index in [2.05, 4.69) is 6.58 Å². The quantitative estimate of drug-likeness (QED) is 0.501. The highest BCUT2D eigenvalue weighted by molar-refractivity contribution is 5.07. The molecule has 2 atom stereocenters. The second kappa shape index (κ2) is 2.14. The molecule has 0 spiro atoms. The van der Waals surface area contributed by atoms with Gasteiger partial charge in [0.15, 0.2) is 0 Å². The van der Waals surface area contributed by atoms with Crippen molar-refractivity contribution in [3.63, 3.8) is 0 Å². The normalized spacial score (nSPS) is 35.6. The van der Waals surface area contributed by atoms with Crippen LogP contribution in [0.25, 0.3) is 0 Å². The van der Waals surface area contributed by atoms with E-state index in [1.807, 2.05) is 18.2 Å². The van der Waals surface area contributed by atoms with E-state index in [0.717, 1.165) is 6.42 Å².